The van der Waals surface area contributed by atoms with E-state index in [0.29, 0.717) is 5.56 Å². The molecule has 3 heteroatoms. The molecule has 2 bridgehead atoms. The second-order valence-corrected chi connectivity index (χ2v) is 5.45. The molecule has 0 aliphatic heterocycles. The van der Waals surface area contributed by atoms with Crippen LogP contribution in [0.5, 0.6) is 0 Å². The molecule has 2 saturated carbocycles. The van der Waals surface area contributed by atoms with E-state index in [1.54, 1.807) is 12.1 Å². The zero-order chi connectivity index (χ0) is 12.7. The van der Waals surface area contributed by atoms with Crippen LogP contribution in [0.2, 0.25) is 0 Å². The summed E-state index contributed by atoms with van der Waals surface area (Å²) in [4.78, 5) is 23.9. The summed E-state index contributed by atoms with van der Waals surface area (Å²) in [5.74, 6) is -1.04. The van der Waals surface area contributed by atoms with Gasteiger partial charge in [-0.05, 0) is 31.1 Å². The third-order valence-corrected chi connectivity index (χ3v) is 4.56. The minimum Gasteiger partial charge on any atom is -0.481 e. The average Bonchev–Trinajstić information content (AvgIpc) is 2.99. The number of hydrogen-bond acceptors (Lipinski definition) is 2. The normalized spacial score (nSPS) is 33.6. The van der Waals surface area contributed by atoms with Crippen molar-refractivity contribution in [3.8, 4) is 0 Å². The molecule has 0 amide bonds. The van der Waals surface area contributed by atoms with Crippen LogP contribution in [0.4, 0.5) is 0 Å². The molecule has 3 nitrogen and oxygen atoms in total. The summed E-state index contributed by atoms with van der Waals surface area (Å²) in [6.45, 7) is 0. The van der Waals surface area contributed by atoms with E-state index in [1.807, 2.05) is 18.2 Å². The number of rotatable bonds is 3. The smallest absolute Gasteiger partial charge is 0.307 e. The van der Waals surface area contributed by atoms with Crippen molar-refractivity contribution in [1.29, 1.82) is 0 Å². The van der Waals surface area contributed by atoms with E-state index in [4.69, 9.17) is 0 Å². The van der Waals surface area contributed by atoms with Crippen molar-refractivity contribution < 1.29 is 14.7 Å². The first-order valence-electron chi connectivity index (χ1n) is 6.50. The lowest BCUT2D eigenvalue weighted by Gasteiger charge is -2.26. The highest BCUT2D eigenvalue weighted by atomic mass is 16.4. The molecule has 1 aromatic rings. The van der Waals surface area contributed by atoms with Gasteiger partial charge in [0.2, 0.25) is 0 Å². The Morgan fingerprint density at radius 3 is 2.22 bits per heavy atom. The van der Waals surface area contributed by atoms with Gasteiger partial charge in [-0.1, -0.05) is 30.3 Å². The number of carboxylic acid groups (broad SMARTS) is 1. The van der Waals surface area contributed by atoms with Crippen LogP contribution in [0.15, 0.2) is 30.3 Å². The first-order valence-corrected chi connectivity index (χ1v) is 6.50. The molecule has 2 aliphatic carbocycles. The van der Waals surface area contributed by atoms with Gasteiger partial charge in [0, 0.05) is 11.5 Å². The topological polar surface area (TPSA) is 54.4 Å². The summed E-state index contributed by atoms with van der Waals surface area (Å²) in [7, 11) is 0. The number of ketones is 1. The van der Waals surface area contributed by atoms with Gasteiger partial charge in [-0.15, -0.1) is 0 Å². The van der Waals surface area contributed by atoms with Gasteiger partial charge >= 0.3 is 5.97 Å². The van der Waals surface area contributed by atoms with Crippen LogP contribution in [0.25, 0.3) is 0 Å². The predicted molar refractivity (Wildman–Crippen MR) is 66.2 cm³/mol. The fraction of sp³-hybridized carbons (Fsp3) is 0.467. The molecule has 0 spiro atoms. The third-order valence-electron chi connectivity index (χ3n) is 4.56. The Labute approximate surface area is 106 Å². The van der Waals surface area contributed by atoms with Crippen molar-refractivity contribution in [2.45, 2.75) is 19.3 Å². The number of benzene rings is 1. The third kappa shape index (κ3) is 1.65. The minimum atomic E-state index is -0.795. The highest BCUT2D eigenvalue weighted by Gasteiger charge is 2.53. The number of carboxylic acids is 1. The van der Waals surface area contributed by atoms with Gasteiger partial charge in [-0.2, -0.15) is 0 Å². The van der Waals surface area contributed by atoms with Gasteiger partial charge in [-0.3, -0.25) is 9.59 Å². The lowest BCUT2D eigenvalue weighted by molar-refractivity contribution is -0.144. The fourth-order valence-corrected chi connectivity index (χ4v) is 3.82. The second kappa shape index (κ2) is 4.23. The maximum Gasteiger partial charge on any atom is 0.307 e. The van der Waals surface area contributed by atoms with Gasteiger partial charge in [0.05, 0.1) is 5.92 Å². The quantitative estimate of drug-likeness (QED) is 0.831. The largest absolute Gasteiger partial charge is 0.481 e. The molecule has 0 radical (unpaired) electrons. The van der Waals surface area contributed by atoms with Crippen molar-refractivity contribution in [3.63, 3.8) is 0 Å². The van der Waals surface area contributed by atoms with Crippen LogP contribution < -0.4 is 0 Å². The summed E-state index contributed by atoms with van der Waals surface area (Å²) < 4.78 is 0. The van der Waals surface area contributed by atoms with Gasteiger partial charge in [0.15, 0.2) is 5.78 Å². The standard InChI is InChI=1S/C15H16O3/c16-14(9-4-2-1-3-5-9)12-10-6-7-11(8-10)13(12)15(17)18/h1-5,10-13H,6-8H2,(H,17,18)/t10-,11+,12-,13-/m0/s1. The monoisotopic (exact) mass is 244 g/mol. The van der Waals surface area contributed by atoms with Gasteiger partial charge in [0.1, 0.15) is 0 Å². The zero-order valence-electron chi connectivity index (χ0n) is 10.1. The minimum absolute atomic E-state index is 0.0233. The van der Waals surface area contributed by atoms with Crippen molar-refractivity contribution >= 4 is 11.8 Å². The molecule has 0 saturated heterocycles. The highest BCUT2D eigenvalue weighted by molar-refractivity contribution is 6.00. The summed E-state index contributed by atoms with van der Waals surface area (Å²) >= 11 is 0. The molecule has 0 unspecified atom stereocenters. The number of fused-ring (bicyclic) bond motifs is 2. The first kappa shape index (κ1) is 11.5. The number of Topliss-reactive ketones (excluding diaryl/α,β-unsaturated/α-hetero) is 1. The van der Waals surface area contributed by atoms with Crippen LogP contribution >= 0.6 is 0 Å². The van der Waals surface area contributed by atoms with Crippen molar-refractivity contribution in [3.05, 3.63) is 35.9 Å². The Morgan fingerprint density at radius 2 is 1.61 bits per heavy atom. The van der Waals surface area contributed by atoms with E-state index < -0.39 is 11.9 Å². The molecule has 1 N–H and O–H groups in total. The number of aliphatic carboxylic acids is 1. The van der Waals surface area contributed by atoms with Crippen LogP contribution in [0, 0.1) is 23.7 Å². The number of carbonyl (C=O) groups excluding carboxylic acids is 1. The summed E-state index contributed by atoms with van der Waals surface area (Å²) in [5.41, 5.74) is 0.654. The van der Waals surface area contributed by atoms with Crippen LogP contribution in [0.1, 0.15) is 29.6 Å². The van der Waals surface area contributed by atoms with Crippen LogP contribution in [-0.2, 0) is 4.79 Å². The van der Waals surface area contributed by atoms with Gasteiger partial charge < -0.3 is 5.11 Å². The maximum absolute atomic E-state index is 12.5. The Morgan fingerprint density at radius 1 is 1.00 bits per heavy atom. The SMILES string of the molecule is O=C(O)[C@H]1[C@@H]2CC[C@@H](C2)[C@@H]1C(=O)c1ccccc1. The van der Waals surface area contributed by atoms with Gasteiger partial charge in [0.25, 0.3) is 0 Å². The summed E-state index contributed by atoms with van der Waals surface area (Å²) in [6, 6.07) is 9.10. The molecule has 1 aromatic carbocycles. The van der Waals surface area contributed by atoms with E-state index in [2.05, 4.69) is 0 Å². The first-order chi connectivity index (χ1) is 8.68. The number of carbonyl (C=O) groups is 2. The average molecular weight is 244 g/mol. The Hall–Kier alpha value is -1.64. The predicted octanol–water partition coefficient (Wildman–Crippen LogP) is 2.62. The molecular weight excluding hydrogens is 228 g/mol. The molecule has 94 valence electrons. The Bertz CT molecular complexity index is 480. The van der Waals surface area contributed by atoms with Gasteiger partial charge in [-0.25, -0.2) is 0 Å². The van der Waals surface area contributed by atoms with Crippen molar-refractivity contribution in [1.82, 2.24) is 0 Å². The molecule has 0 heterocycles. The highest BCUT2D eigenvalue weighted by Crippen LogP contribution is 2.53. The van der Waals surface area contributed by atoms with E-state index in [0.717, 1.165) is 19.3 Å². The fourth-order valence-electron chi connectivity index (χ4n) is 3.82. The molecule has 2 fully saturated rings. The molecule has 3 rings (SSSR count). The zero-order valence-corrected chi connectivity index (χ0v) is 10.1. The molecule has 4 atom stereocenters. The van der Waals surface area contributed by atoms with Crippen molar-refractivity contribution in [2.75, 3.05) is 0 Å². The number of hydrogen-bond donors (Lipinski definition) is 1. The lowest BCUT2D eigenvalue weighted by atomic mass is 9.75. The van der Waals surface area contributed by atoms with E-state index >= 15 is 0 Å². The lowest BCUT2D eigenvalue weighted by Crippen LogP contribution is -2.34. The molecule has 0 aromatic heterocycles. The Kier molecular flexibility index (Phi) is 2.69. The Balaban J connectivity index is 1.91. The summed E-state index contributed by atoms with van der Waals surface area (Å²) in [5, 5.41) is 9.35. The molecule has 2 aliphatic rings. The molecular formula is C15H16O3. The second-order valence-electron chi connectivity index (χ2n) is 5.45. The van der Waals surface area contributed by atoms with E-state index in [9.17, 15) is 14.7 Å². The maximum atomic E-state index is 12.5. The van der Waals surface area contributed by atoms with Crippen LogP contribution in [-0.4, -0.2) is 16.9 Å². The summed E-state index contributed by atoms with van der Waals surface area (Å²) in [6.07, 6.45) is 2.90. The van der Waals surface area contributed by atoms with Crippen molar-refractivity contribution in [2.24, 2.45) is 23.7 Å². The van der Waals surface area contributed by atoms with E-state index in [1.165, 1.54) is 0 Å². The van der Waals surface area contributed by atoms with Crippen LogP contribution in [0.3, 0.4) is 0 Å². The molecule has 18 heavy (non-hydrogen) atoms. The van der Waals surface area contributed by atoms with E-state index in [-0.39, 0.29) is 23.5 Å².